The summed E-state index contributed by atoms with van der Waals surface area (Å²) >= 11 is 0. The van der Waals surface area contributed by atoms with Crippen LogP contribution in [0.15, 0.2) is 17.4 Å². The van der Waals surface area contributed by atoms with Crippen molar-refractivity contribution in [3.05, 3.63) is 18.2 Å². The number of hydrogen-bond acceptors (Lipinski definition) is 2. The monoisotopic (exact) mass is 403 g/mol. The Morgan fingerprint density at radius 1 is 1.55 bits per heavy atom. The maximum atomic E-state index is 12.3. The molecule has 2 N–H and O–H groups in total. The zero-order valence-electron chi connectivity index (χ0n) is 11.0. The SMILES string of the molecule is CN(C(N)=NCc1nccn1CC(F)(F)F)C1CC1.I. The molecule has 9 heteroatoms. The molecule has 0 atom stereocenters. The number of nitrogens with two attached hydrogens (primary N) is 1. The van der Waals surface area contributed by atoms with Crippen molar-refractivity contribution < 1.29 is 13.2 Å². The fraction of sp³-hybridized carbons (Fsp3) is 0.636. The van der Waals surface area contributed by atoms with Gasteiger partial charge < -0.3 is 15.2 Å². The molecule has 0 saturated heterocycles. The molecule has 114 valence electrons. The summed E-state index contributed by atoms with van der Waals surface area (Å²) in [7, 11) is 1.83. The summed E-state index contributed by atoms with van der Waals surface area (Å²) < 4.78 is 38.0. The molecule has 0 bridgehead atoms. The zero-order chi connectivity index (χ0) is 14.0. The first-order chi connectivity index (χ1) is 8.87. The Balaban J connectivity index is 0.00000200. The van der Waals surface area contributed by atoms with E-state index in [0.29, 0.717) is 12.0 Å². The van der Waals surface area contributed by atoms with Crippen molar-refractivity contribution in [2.24, 2.45) is 10.7 Å². The second kappa shape index (κ2) is 6.64. The van der Waals surface area contributed by atoms with Gasteiger partial charge in [-0.3, -0.25) is 0 Å². The summed E-state index contributed by atoms with van der Waals surface area (Å²) in [5.74, 6) is 0.591. The standard InChI is InChI=1S/C11H16F3N5.HI/c1-18(8-2-3-8)10(15)17-6-9-16-4-5-19(9)7-11(12,13)14;/h4-5,8H,2-3,6-7H2,1H3,(H2,15,17);1H. The summed E-state index contributed by atoms with van der Waals surface area (Å²) in [5.41, 5.74) is 5.77. The first-order valence-electron chi connectivity index (χ1n) is 5.96. The van der Waals surface area contributed by atoms with Crippen LogP contribution in [0, 0.1) is 0 Å². The van der Waals surface area contributed by atoms with Crippen molar-refractivity contribution in [3.63, 3.8) is 0 Å². The van der Waals surface area contributed by atoms with Crippen LogP contribution in [0.25, 0.3) is 0 Å². The molecule has 0 radical (unpaired) electrons. The quantitative estimate of drug-likeness (QED) is 0.475. The summed E-state index contributed by atoms with van der Waals surface area (Å²) in [4.78, 5) is 9.81. The third-order valence-electron chi connectivity index (χ3n) is 2.99. The lowest BCUT2D eigenvalue weighted by molar-refractivity contribution is -0.141. The highest BCUT2D eigenvalue weighted by Gasteiger charge is 2.29. The van der Waals surface area contributed by atoms with E-state index in [0.717, 1.165) is 17.4 Å². The normalized spacial score (nSPS) is 15.9. The van der Waals surface area contributed by atoms with Gasteiger partial charge >= 0.3 is 6.18 Å². The zero-order valence-corrected chi connectivity index (χ0v) is 13.3. The maximum absolute atomic E-state index is 12.3. The number of alkyl halides is 3. The molecule has 0 amide bonds. The number of nitrogens with zero attached hydrogens (tertiary/aromatic N) is 4. The maximum Gasteiger partial charge on any atom is 0.406 e. The molecule has 2 rings (SSSR count). The number of aliphatic imine (C=N–C) groups is 1. The van der Waals surface area contributed by atoms with Gasteiger partial charge in [-0.25, -0.2) is 9.98 Å². The van der Waals surface area contributed by atoms with E-state index in [-0.39, 0.29) is 36.3 Å². The van der Waals surface area contributed by atoms with Crippen LogP contribution in [0.3, 0.4) is 0 Å². The van der Waals surface area contributed by atoms with E-state index in [1.807, 2.05) is 11.9 Å². The van der Waals surface area contributed by atoms with Gasteiger partial charge in [-0.2, -0.15) is 13.2 Å². The number of aromatic nitrogens is 2. The topological polar surface area (TPSA) is 59.4 Å². The minimum absolute atomic E-state index is 0. The molecular formula is C11H17F3IN5. The Kier molecular flexibility index (Phi) is 5.66. The molecular weight excluding hydrogens is 386 g/mol. The average Bonchev–Trinajstić information content (AvgIpc) is 3.07. The van der Waals surface area contributed by atoms with Crippen LogP contribution < -0.4 is 5.73 Å². The smallest absolute Gasteiger partial charge is 0.370 e. The summed E-state index contributed by atoms with van der Waals surface area (Å²) in [6.45, 7) is -1.01. The molecule has 1 fully saturated rings. The van der Waals surface area contributed by atoms with E-state index in [2.05, 4.69) is 9.98 Å². The largest absolute Gasteiger partial charge is 0.406 e. The highest BCUT2D eigenvalue weighted by atomic mass is 127. The first kappa shape index (κ1) is 17.1. The number of imidazole rings is 1. The van der Waals surface area contributed by atoms with Gasteiger partial charge in [0.15, 0.2) is 5.96 Å². The van der Waals surface area contributed by atoms with E-state index in [1.165, 1.54) is 12.4 Å². The molecule has 20 heavy (non-hydrogen) atoms. The van der Waals surface area contributed by atoms with Crippen LogP contribution in [0.2, 0.25) is 0 Å². The van der Waals surface area contributed by atoms with Crippen LogP contribution in [0.4, 0.5) is 13.2 Å². The van der Waals surface area contributed by atoms with Crippen molar-refractivity contribution in [1.82, 2.24) is 14.5 Å². The summed E-state index contributed by atoms with van der Waals surface area (Å²) in [6, 6.07) is 0.415. The molecule has 5 nitrogen and oxygen atoms in total. The minimum Gasteiger partial charge on any atom is -0.370 e. The number of hydrogen-bond donors (Lipinski definition) is 1. The van der Waals surface area contributed by atoms with Crippen molar-refractivity contribution in [1.29, 1.82) is 0 Å². The highest BCUT2D eigenvalue weighted by Crippen LogP contribution is 2.25. The second-order valence-electron chi connectivity index (χ2n) is 4.60. The molecule has 1 aromatic heterocycles. The van der Waals surface area contributed by atoms with Crippen LogP contribution in [0.5, 0.6) is 0 Å². The molecule has 0 spiro atoms. The molecule has 1 aliphatic rings. The van der Waals surface area contributed by atoms with Crippen molar-refractivity contribution >= 4 is 29.9 Å². The van der Waals surface area contributed by atoms with Gasteiger partial charge in [0, 0.05) is 25.5 Å². The van der Waals surface area contributed by atoms with Gasteiger partial charge in [-0.1, -0.05) is 0 Å². The molecule has 0 aromatic carbocycles. The van der Waals surface area contributed by atoms with E-state index in [1.54, 1.807) is 0 Å². The Labute approximate surface area is 132 Å². The molecule has 0 unspecified atom stereocenters. The fourth-order valence-corrected chi connectivity index (χ4v) is 1.74. The third-order valence-corrected chi connectivity index (χ3v) is 2.99. The van der Waals surface area contributed by atoms with Crippen LogP contribution in [0.1, 0.15) is 18.7 Å². The van der Waals surface area contributed by atoms with E-state index < -0.39 is 12.7 Å². The lowest BCUT2D eigenvalue weighted by Crippen LogP contribution is -2.35. The van der Waals surface area contributed by atoms with Crippen molar-refractivity contribution in [2.75, 3.05) is 7.05 Å². The van der Waals surface area contributed by atoms with Gasteiger partial charge in [0.25, 0.3) is 0 Å². The van der Waals surface area contributed by atoms with Crippen molar-refractivity contribution in [2.45, 2.75) is 38.1 Å². The van der Waals surface area contributed by atoms with Crippen LogP contribution in [-0.4, -0.2) is 39.7 Å². The summed E-state index contributed by atoms with van der Waals surface area (Å²) in [6.07, 6.45) is 0.511. The Morgan fingerprint density at radius 2 is 2.20 bits per heavy atom. The third kappa shape index (κ3) is 4.84. The lowest BCUT2D eigenvalue weighted by atomic mass is 10.5. The van der Waals surface area contributed by atoms with Gasteiger partial charge in [-0.05, 0) is 12.8 Å². The molecule has 1 aromatic rings. The van der Waals surface area contributed by atoms with Crippen LogP contribution >= 0.6 is 24.0 Å². The predicted molar refractivity (Wildman–Crippen MR) is 79.8 cm³/mol. The number of guanidine groups is 1. The second-order valence-corrected chi connectivity index (χ2v) is 4.60. The van der Waals surface area contributed by atoms with E-state index >= 15 is 0 Å². The van der Waals surface area contributed by atoms with E-state index in [9.17, 15) is 13.2 Å². The number of halogens is 4. The molecule has 1 saturated carbocycles. The van der Waals surface area contributed by atoms with Crippen LogP contribution in [-0.2, 0) is 13.1 Å². The van der Waals surface area contributed by atoms with Gasteiger partial charge in [0.2, 0.25) is 0 Å². The predicted octanol–water partition coefficient (Wildman–Crippen LogP) is 1.97. The Hall–Kier alpha value is -1.00. The van der Waals surface area contributed by atoms with Gasteiger partial charge in [0.05, 0.1) is 0 Å². The lowest BCUT2D eigenvalue weighted by Gasteiger charge is -2.17. The summed E-state index contributed by atoms with van der Waals surface area (Å²) in [5, 5.41) is 0. The van der Waals surface area contributed by atoms with Gasteiger partial charge in [0.1, 0.15) is 18.9 Å². The highest BCUT2D eigenvalue weighted by molar-refractivity contribution is 14.0. The van der Waals surface area contributed by atoms with E-state index in [4.69, 9.17) is 5.73 Å². The van der Waals surface area contributed by atoms with Crippen molar-refractivity contribution in [3.8, 4) is 0 Å². The average molecular weight is 403 g/mol. The Bertz CT molecular complexity index is 467. The first-order valence-corrected chi connectivity index (χ1v) is 5.96. The fourth-order valence-electron chi connectivity index (χ4n) is 1.74. The Morgan fingerprint density at radius 3 is 2.75 bits per heavy atom. The number of rotatable bonds is 4. The molecule has 1 aliphatic carbocycles. The molecule has 0 aliphatic heterocycles. The molecule has 1 heterocycles. The minimum atomic E-state index is -4.27. The van der Waals surface area contributed by atoms with Gasteiger partial charge in [-0.15, -0.1) is 24.0 Å².